The molecule has 0 aliphatic heterocycles. The second kappa shape index (κ2) is 5.89. The number of nitrogens with two attached hydrogens (primary N) is 1. The number of hydrogen-bond acceptors (Lipinski definition) is 2. The van der Waals surface area contributed by atoms with Crippen molar-refractivity contribution in [2.75, 3.05) is 0 Å². The van der Waals surface area contributed by atoms with Crippen LogP contribution in [0.15, 0.2) is 24.3 Å². The number of rotatable bonds is 1. The molecule has 0 spiro atoms. The second-order valence-corrected chi connectivity index (χ2v) is 2.64. The van der Waals surface area contributed by atoms with Crippen LogP contribution in [0.5, 0.6) is 0 Å². The van der Waals surface area contributed by atoms with Gasteiger partial charge in [-0.1, -0.05) is 12.1 Å². The van der Waals surface area contributed by atoms with E-state index in [1.807, 2.05) is 0 Å². The summed E-state index contributed by atoms with van der Waals surface area (Å²) in [6.45, 7) is 1.44. The Morgan fingerprint density at radius 2 is 1.75 bits per heavy atom. The molecule has 1 rings (SSSR count). The van der Waals surface area contributed by atoms with E-state index in [9.17, 15) is 18.0 Å². The number of carbonyl (C=O) groups excluding carboxylic acids is 2. The summed E-state index contributed by atoms with van der Waals surface area (Å²) in [6, 6.07) is 4.40. The van der Waals surface area contributed by atoms with Crippen molar-refractivity contribution in [1.82, 2.24) is 0 Å². The molecule has 88 valence electrons. The van der Waals surface area contributed by atoms with E-state index in [0.29, 0.717) is 0 Å². The molecule has 0 aliphatic carbocycles. The maximum atomic E-state index is 12.2. The van der Waals surface area contributed by atoms with Crippen LogP contribution < -0.4 is 5.73 Å². The molecule has 0 fully saturated rings. The molecular weight excluding hydrogens is 223 g/mol. The summed E-state index contributed by atoms with van der Waals surface area (Å²) in [5.41, 5.74) is 3.27. The Morgan fingerprint density at radius 3 is 2.06 bits per heavy atom. The van der Waals surface area contributed by atoms with Crippen molar-refractivity contribution >= 4 is 12.2 Å². The molecule has 1 aromatic rings. The van der Waals surface area contributed by atoms with Crippen molar-refractivity contribution in [3.05, 3.63) is 35.4 Å². The van der Waals surface area contributed by atoms with Gasteiger partial charge in [0.05, 0.1) is 11.1 Å². The van der Waals surface area contributed by atoms with Crippen LogP contribution in [0.2, 0.25) is 0 Å². The van der Waals surface area contributed by atoms with E-state index in [1.165, 1.54) is 19.1 Å². The first kappa shape index (κ1) is 14.2. The number of amides is 1. The fraction of sp³-hybridized carbons (Fsp3) is 0.200. The summed E-state index contributed by atoms with van der Waals surface area (Å²) in [5.74, 6) is -1.08. The number of hydrogen-bond donors (Lipinski definition) is 1. The molecule has 16 heavy (non-hydrogen) atoms. The molecule has 6 heteroatoms. The third-order valence-corrected chi connectivity index (χ3v) is 1.50. The Morgan fingerprint density at radius 1 is 1.31 bits per heavy atom. The van der Waals surface area contributed by atoms with Gasteiger partial charge in [0.1, 0.15) is 6.29 Å². The number of aldehydes is 1. The van der Waals surface area contributed by atoms with Gasteiger partial charge in [0, 0.05) is 0 Å². The van der Waals surface area contributed by atoms with Crippen LogP contribution in [0, 0.1) is 0 Å². The van der Waals surface area contributed by atoms with Gasteiger partial charge in [0.15, 0.2) is 0 Å². The molecule has 0 radical (unpaired) electrons. The lowest BCUT2D eigenvalue weighted by Gasteiger charge is -2.09. The minimum atomic E-state index is -4.54. The van der Waals surface area contributed by atoms with E-state index in [2.05, 4.69) is 0 Å². The summed E-state index contributed by atoms with van der Waals surface area (Å²) in [7, 11) is 0. The lowest BCUT2D eigenvalue weighted by atomic mass is 10.1. The van der Waals surface area contributed by atoms with Crippen LogP contribution in [0.4, 0.5) is 13.2 Å². The summed E-state index contributed by atoms with van der Waals surface area (Å²) < 4.78 is 36.6. The van der Waals surface area contributed by atoms with Crippen LogP contribution >= 0.6 is 0 Å². The molecule has 0 aliphatic rings. The second-order valence-electron chi connectivity index (χ2n) is 2.64. The molecule has 0 bridgehead atoms. The highest BCUT2D eigenvalue weighted by molar-refractivity contribution is 5.94. The summed E-state index contributed by atoms with van der Waals surface area (Å²) in [6.07, 6.45) is -3.79. The van der Waals surface area contributed by atoms with Crippen LogP contribution in [0.25, 0.3) is 0 Å². The Kier molecular flexibility index (Phi) is 5.21. The van der Waals surface area contributed by atoms with Crippen molar-refractivity contribution in [2.45, 2.75) is 13.1 Å². The Bertz CT molecular complexity index is 375. The molecule has 0 heterocycles. The molecule has 2 N–H and O–H groups in total. The van der Waals surface area contributed by atoms with Crippen molar-refractivity contribution in [3.8, 4) is 0 Å². The smallest absolute Gasteiger partial charge is 0.366 e. The van der Waals surface area contributed by atoms with Crippen LogP contribution in [-0.2, 0) is 11.0 Å². The molecule has 1 aromatic carbocycles. The van der Waals surface area contributed by atoms with E-state index in [4.69, 9.17) is 10.5 Å². The number of primary amides is 1. The van der Waals surface area contributed by atoms with Gasteiger partial charge in [-0.15, -0.1) is 0 Å². The maximum absolute atomic E-state index is 12.2. The van der Waals surface area contributed by atoms with Crippen LogP contribution in [0.3, 0.4) is 0 Å². The predicted octanol–water partition coefficient (Wildman–Crippen LogP) is 2.01. The molecule has 1 amide bonds. The number of alkyl halides is 3. The average molecular weight is 233 g/mol. The zero-order chi connectivity index (χ0) is 12.8. The molecule has 0 atom stereocenters. The fourth-order valence-corrected chi connectivity index (χ4v) is 0.945. The van der Waals surface area contributed by atoms with Gasteiger partial charge in [-0.05, 0) is 19.1 Å². The maximum Gasteiger partial charge on any atom is 0.417 e. The predicted molar refractivity (Wildman–Crippen MR) is 51.7 cm³/mol. The third-order valence-electron chi connectivity index (χ3n) is 1.50. The number of carbonyl (C=O) groups is 2. The van der Waals surface area contributed by atoms with Crippen LogP contribution in [0.1, 0.15) is 22.8 Å². The minimum Gasteiger partial charge on any atom is -0.366 e. The number of halogens is 3. The van der Waals surface area contributed by atoms with Crippen LogP contribution in [-0.4, -0.2) is 12.2 Å². The molecule has 0 unspecified atom stereocenters. The van der Waals surface area contributed by atoms with E-state index < -0.39 is 23.2 Å². The molecule has 0 saturated heterocycles. The average Bonchev–Trinajstić information content (AvgIpc) is 2.17. The van der Waals surface area contributed by atoms with Gasteiger partial charge in [-0.3, -0.25) is 4.79 Å². The van der Waals surface area contributed by atoms with Crippen molar-refractivity contribution in [2.24, 2.45) is 5.73 Å². The molecule has 0 aromatic heterocycles. The highest BCUT2D eigenvalue weighted by atomic mass is 19.4. The lowest BCUT2D eigenvalue weighted by Crippen LogP contribution is -2.18. The highest BCUT2D eigenvalue weighted by Gasteiger charge is 2.34. The van der Waals surface area contributed by atoms with Gasteiger partial charge >= 0.3 is 6.18 Å². The fourth-order valence-electron chi connectivity index (χ4n) is 0.945. The topological polar surface area (TPSA) is 60.2 Å². The molecule has 0 saturated carbocycles. The Hall–Kier alpha value is -1.85. The van der Waals surface area contributed by atoms with E-state index >= 15 is 0 Å². The van der Waals surface area contributed by atoms with E-state index in [1.54, 1.807) is 0 Å². The van der Waals surface area contributed by atoms with E-state index in [-0.39, 0.29) is 0 Å². The van der Waals surface area contributed by atoms with Gasteiger partial charge in [-0.2, -0.15) is 13.2 Å². The standard InChI is InChI=1S/C8H6F3NO.C2H4O/c9-8(10,11)6-4-2-1-3-5(6)7(12)13;1-2-3/h1-4H,(H2,12,13);2H,1H3. The quantitative estimate of drug-likeness (QED) is 0.754. The zero-order valence-corrected chi connectivity index (χ0v) is 8.41. The van der Waals surface area contributed by atoms with Gasteiger partial charge in [-0.25, -0.2) is 0 Å². The Balaban J connectivity index is 0.000000673. The van der Waals surface area contributed by atoms with Gasteiger partial charge in [0.25, 0.3) is 0 Å². The monoisotopic (exact) mass is 233 g/mol. The lowest BCUT2D eigenvalue weighted by molar-refractivity contribution is -0.137. The zero-order valence-electron chi connectivity index (χ0n) is 8.41. The van der Waals surface area contributed by atoms with Gasteiger partial charge in [0.2, 0.25) is 5.91 Å². The number of benzene rings is 1. The first-order valence-electron chi connectivity index (χ1n) is 4.20. The normalized spacial score (nSPS) is 10.0. The SMILES string of the molecule is CC=O.NC(=O)c1ccccc1C(F)(F)F. The largest absolute Gasteiger partial charge is 0.417 e. The third kappa shape index (κ3) is 4.12. The highest BCUT2D eigenvalue weighted by Crippen LogP contribution is 2.31. The molecular formula is C10H10F3NO2. The first-order valence-corrected chi connectivity index (χ1v) is 4.20. The van der Waals surface area contributed by atoms with Crippen molar-refractivity contribution in [3.63, 3.8) is 0 Å². The Labute approximate surface area is 90.1 Å². The van der Waals surface area contributed by atoms with Crippen molar-refractivity contribution < 1.29 is 22.8 Å². The summed E-state index contributed by atoms with van der Waals surface area (Å²) in [5, 5.41) is 0. The minimum absolute atomic E-state index is 0.505. The first-order chi connectivity index (χ1) is 7.34. The summed E-state index contributed by atoms with van der Waals surface area (Å²) in [4.78, 5) is 19.4. The van der Waals surface area contributed by atoms with E-state index in [0.717, 1.165) is 18.4 Å². The van der Waals surface area contributed by atoms with Gasteiger partial charge < -0.3 is 10.5 Å². The summed E-state index contributed by atoms with van der Waals surface area (Å²) >= 11 is 0. The molecule has 3 nitrogen and oxygen atoms in total. The van der Waals surface area contributed by atoms with Crippen molar-refractivity contribution in [1.29, 1.82) is 0 Å².